The SMILES string of the molecule is C1=CC2=C(CC1)C(c1ccc(-c3c4ccccc4c(-c4cccc(-c5ccc6cc(-c7ccccc7)ccc6c5)c4)c4ccccc34)cc1)=CCC2.CC=C(C)C. The van der Waals surface area contributed by atoms with E-state index in [2.05, 4.69) is 202 Å². The number of fused-ring (bicyclic) bond motifs is 3. The lowest BCUT2D eigenvalue weighted by Crippen LogP contribution is -2.03. The first-order valence-corrected chi connectivity index (χ1v) is 20.5. The minimum atomic E-state index is 1.12. The number of allylic oxidation sites excluding steroid dienone is 8. The summed E-state index contributed by atoms with van der Waals surface area (Å²) in [6, 6.07) is 60.7. The standard InChI is InChI=1S/C52H38.C5H10/c1-2-12-35(13-3-1)40-28-29-43-33-41(30-31-42(43)32-40)39-16-10-17-44(34-39)52-49-21-8-6-19-47(49)51(48-20-7-9-22-50(48)52)38-26-24-37(25-27-38)46-23-11-15-36-14-4-5-18-45(36)46;1-4-5(2)3/h1-4,6-10,12-14,16-17,19-34H,5,11,15,18H2;4H,1-3H3. The van der Waals surface area contributed by atoms with Crippen molar-refractivity contribution in [3.05, 3.63) is 210 Å². The predicted octanol–water partition coefficient (Wildman–Crippen LogP) is 16.6. The molecule has 0 heteroatoms. The monoisotopic (exact) mass is 732 g/mol. The normalized spacial score (nSPS) is 13.6. The summed E-state index contributed by atoms with van der Waals surface area (Å²) in [5.41, 5.74) is 17.3. The molecule has 0 fully saturated rings. The Morgan fingerprint density at radius 1 is 0.439 bits per heavy atom. The number of hydrogen-bond acceptors (Lipinski definition) is 0. The molecule has 0 unspecified atom stereocenters. The summed E-state index contributed by atoms with van der Waals surface area (Å²) in [4.78, 5) is 0. The molecule has 0 nitrogen and oxygen atoms in total. The van der Waals surface area contributed by atoms with Crippen LogP contribution in [0.1, 0.15) is 52.0 Å². The van der Waals surface area contributed by atoms with Gasteiger partial charge in [0.05, 0.1) is 0 Å². The second kappa shape index (κ2) is 15.9. The summed E-state index contributed by atoms with van der Waals surface area (Å²) >= 11 is 0. The van der Waals surface area contributed by atoms with Crippen LogP contribution < -0.4 is 0 Å². The lowest BCUT2D eigenvalue weighted by Gasteiger charge is -2.23. The largest absolute Gasteiger partial charge is 0.0890 e. The van der Waals surface area contributed by atoms with E-state index >= 15 is 0 Å². The fraction of sp³-hybridized carbons (Fsp3) is 0.123. The van der Waals surface area contributed by atoms with Crippen LogP contribution in [0.4, 0.5) is 0 Å². The van der Waals surface area contributed by atoms with Crippen LogP contribution in [0.5, 0.6) is 0 Å². The third-order valence-corrected chi connectivity index (χ3v) is 11.8. The predicted molar refractivity (Wildman–Crippen MR) is 248 cm³/mol. The Morgan fingerprint density at radius 2 is 0.930 bits per heavy atom. The van der Waals surface area contributed by atoms with E-state index in [1.807, 2.05) is 6.92 Å². The average Bonchev–Trinajstić information content (AvgIpc) is 3.28. The van der Waals surface area contributed by atoms with E-state index in [1.165, 1.54) is 106 Å². The second-order valence-corrected chi connectivity index (χ2v) is 15.6. The summed E-state index contributed by atoms with van der Waals surface area (Å²) < 4.78 is 0. The zero-order chi connectivity index (χ0) is 38.7. The zero-order valence-electron chi connectivity index (χ0n) is 33.2. The number of rotatable bonds is 5. The summed E-state index contributed by atoms with van der Waals surface area (Å²) in [6.07, 6.45) is 13.8. The van der Waals surface area contributed by atoms with E-state index in [-0.39, 0.29) is 0 Å². The minimum absolute atomic E-state index is 1.12. The van der Waals surface area contributed by atoms with Gasteiger partial charge in [0.1, 0.15) is 0 Å². The highest BCUT2D eigenvalue weighted by atomic mass is 14.2. The first kappa shape index (κ1) is 36.2. The van der Waals surface area contributed by atoms with Crippen LogP contribution in [0.2, 0.25) is 0 Å². The van der Waals surface area contributed by atoms with Crippen molar-refractivity contribution in [2.45, 2.75) is 46.5 Å². The van der Waals surface area contributed by atoms with E-state index in [0.29, 0.717) is 0 Å². The minimum Gasteiger partial charge on any atom is -0.0890 e. The smallest absolute Gasteiger partial charge is 0.00262 e. The molecule has 0 saturated heterocycles. The Labute approximate surface area is 337 Å². The zero-order valence-corrected chi connectivity index (χ0v) is 33.2. The van der Waals surface area contributed by atoms with Crippen molar-refractivity contribution in [1.82, 2.24) is 0 Å². The maximum absolute atomic E-state index is 2.46. The molecule has 0 atom stereocenters. The third kappa shape index (κ3) is 7.21. The van der Waals surface area contributed by atoms with Crippen molar-refractivity contribution in [2.24, 2.45) is 0 Å². The molecule has 0 radical (unpaired) electrons. The van der Waals surface area contributed by atoms with Crippen LogP contribution in [0.25, 0.3) is 82.4 Å². The highest BCUT2D eigenvalue weighted by Crippen LogP contribution is 2.45. The summed E-state index contributed by atoms with van der Waals surface area (Å²) in [6.45, 7) is 6.20. The van der Waals surface area contributed by atoms with Gasteiger partial charge in [0.25, 0.3) is 0 Å². The van der Waals surface area contributed by atoms with Crippen LogP contribution >= 0.6 is 0 Å². The third-order valence-electron chi connectivity index (χ3n) is 11.8. The Balaban J connectivity index is 0.000000798. The van der Waals surface area contributed by atoms with Gasteiger partial charge in [0.2, 0.25) is 0 Å². The van der Waals surface area contributed by atoms with Crippen LogP contribution in [-0.4, -0.2) is 0 Å². The quantitative estimate of drug-likeness (QED) is 0.122. The van der Waals surface area contributed by atoms with E-state index in [9.17, 15) is 0 Å². The van der Waals surface area contributed by atoms with Crippen molar-refractivity contribution in [2.75, 3.05) is 0 Å². The highest BCUT2D eigenvalue weighted by Gasteiger charge is 2.20. The summed E-state index contributed by atoms with van der Waals surface area (Å²) in [5, 5.41) is 7.64. The lowest BCUT2D eigenvalue weighted by atomic mass is 9.81. The van der Waals surface area contributed by atoms with Crippen molar-refractivity contribution in [3.63, 3.8) is 0 Å². The molecule has 0 N–H and O–H groups in total. The molecule has 0 saturated carbocycles. The molecule has 57 heavy (non-hydrogen) atoms. The molecular weight excluding hydrogens is 685 g/mol. The first-order chi connectivity index (χ1) is 28.1. The lowest BCUT2D eigenvalue weighted by molar-refractivity contribution is 0.892. The van der Waals surface area contributed by atoms with Gasteiger partial charge in [0, 0.05) is 0 Å². The molecule has 276 valence electrons. The van der Waals surface area contributed by atoms with Crippen molar-refractivity contribution < 1.29 is 0 Å². The van der Waals surface area contributed by atoms with E-state index in [1.54, 1.807) is 5.57 Å². The van der Waals surface area contributed by atoms with Gasteiger partial charge in [-0.25, -0.2) is 0 Å². The fourth-order valence-corrected chi connectivity index (χ4v) is 8.70. The Kier molecular flexibility index (Phi) is 10.1. The summed E-state index contributed by atoms with van der Waals surface area (Å²) in [5.74, 6) is 0. The van der Waals surface area contributed by atoms with E-state index < -0.39 is 0 Å². The van der Waals surface area contributed by atoms with Crippen LogP contribution in [-0.2, 0) is 0 Å². The highest BCUT2D eigenvalue weighted by molar-refractivity contribution is 6.21. The maximum atomic E-state index is 2.46. The molecule has 2 aliphatic carbocycles. The van der Waals surface area contributed by atoms with Gasteiger partial charge in [-0.2, -0.15) is 0 Å². The van der Waals surface area contributed by atoms with Gasteiger partial charge in [-0.1, -0.05) is 175 Å². The van der Waals surface area contributed by atoms with Crippen molar-refractivity contribution in [1.29, 1.82) is 0 Å². The second-order valence-electron chi connectivity index (χ2n) is 15.6. The fourth-order valence-electron chi connectivity index (χ4n) is 8.70. The molecule has 8 aromatic carbocycles. The van der Waals surface area contributed by atoms with Gasteiger partial charge < -0.3 is 0 Å². The molecule has 0 spiro atoms. The summed E-state index contributed by atoms with van der Waals surface area (Å²) in [7, 11) is 0. The Hall–Kier alpha value is -6.50. The van der Waals surface area contributed by atoms with Gasteiger partial charge in [0.15, 0.2) is 0 Å². The number of hydrogen-bond donors (Lipinski definition) is 0. The van der Waals surface area contributed by atoms with Crippen LogP contribution in [0.3, 0.4) is 0 Å². The first-order valence-electron chi connectivity index (χ1n) is 20.5. The molecule has 0 amide bonds. The Morgan fingerprint density at radius 3 is 1.54 bits per heavy atom. The maximum Gasteiger partial charge on any atom is -0.00262 e. The number of benzene rings is 8. The molecule has 10 rings (SSSR count). The molecule has 0 heterocycles. The molecule has 8 aromatic rings. The molecule has 0 aliphatic heterocycles. The topological polar surface area (TPSA) is 0 Å². The van der Waals surface area contributed by atoms with Crippen molar-refractivity contribution in [3.8, 4) is 44.5 Å². The van der Waals surface area contributed by atoms with Gasteiger partial charge in [-0.3, -0.25) is 0 Å². The van der Waals surface area contributed by atoms with Gasteiger partial charge >= 0.3 is 0 Å². The van der Waals surface area contributed by atoms with Crippen LogP contribution in [0.15, 0.2) is 205 Å². The van der Waals surface area contributed by atoms with Gasteiger partial charge in [-0.15, -0.1) is 0 Å². The van der Waals surface area contributed by atoms with Crippen molar-refractivity contribution >= 4 is 37.9 Å². The Bertz CT molecular complexity index is 2830. The molecular formula is C57H48. The molecule has 0 aromatic heterocycles. The van der Waals surface area contributed by atoms with Crippen LogP contribution in [0, 0.1) is 0 Å². The average molecular weight is 733 g/mol. The molecule has 0 bridgehead atoms. The van der Waals surface area contributed by atoms with E-state index in [0.717, 1.165) is 19.3 Å². The molecule has 2 aliphatic rings. The van der Waals surface area contributed by atoms with Gasteiger partial charge in [-0.05, 0) is 164 Å². The van der Waals surface area contributed by atoms with E-state index in [4.69, 9.17) is 0 Å².